The van der Waals surface area contributed by atoms with Gasteiger partial charge in [0.15, 0.2) is 0 Å². The molecule has 1 aliphatic carbocycles. The highest BCUT2D eigenvalue weighted by Gasteiger charge is 2.33. The van der Waals surface area contributed by atoms with Crippen molar-refractivity contribution >= 4 is 18.3 Å². The molecule has 1 amide bonds. The number of ether oxygens (including phenoxy) is 1. The van der Waals surface area contributed by atoms with Gasteiger partial charge >= 0.3 is 0 Å². The first-order valence-electron chi connectivity index (χ1n) is 9.10. The molecule has 5 nitrogen and oxygen atoms in total. The number of nitrogens with zero attached hydrogens (tertiary/aromatic N) is 2. The lowest BCUT2D eigenvalue weighted by Gasteiger charge is -2.32. The first-order chi connectivity index (χ1) is 10.7. The van der Waals surface area contributed by atoms with Gasteiger partial charge in [-0.3, -0.25) is 9.69 Å². The first-order valence-corrected chi connectivity index (χ1v) is 9.10. The molecule has 1 saturated carbocycles. The van der Waals surface area contributed by atoms with Crippen molar-refractivity contribution in [2.24, 2.45) is 11.7 Å². The van der Waals surface area contributed by atoms with Gasteiger partial charge in [-0.1, -0.05) is 32.1 Å². The molecule has 3 fully saturated rings. The molecular formula is C17H32ClN3O2. The van der Waals surface area contributed by atoms with E-state index in [4.69, 9.17) is 10.5 Å². The van der Waals surface area contributed by atoms with Gasteiger partial charge in [-0.05, 0) is 18.8 Å². The second-order valence-corrected chi connectivity index (χ2v) is 7.22. The molecule has 2 N–H and O–H groups in total. The third-order valence-corrected chi connectivity index (χ3v) is 5.67. The van der Waals surface area contributed by atoms with E-state index in [0.717, 1.165) is 52.2 Å². The van der Waals surface area contributed by atoms with E-state index >= 15 is 0 Å². The smallest absolute Gasteiger partial charge is 0.239 e. The Bertz CT molecular complexity index is 371. The number of hydrogen-bond donors (Lipinski definition) is 1. The highest BCUT2D eigenvalue weighted by Crippen LogP contribution is 2.27. The number of carbonyl (C=O) groups excluding carboxylic acids is 1. The van der Waals surface area contributed by atoms with Crippen LogP contribution in [-0.4, -0.2) is 67.2 Å². The molecule has 0 spiro atoms. The molecule has 2 heterocycles. The summed E-state index contributed by atoms with van der Waals surface area (Å²) in [7, 11) is 0. The first kappa shape index (κ1) is 19.0. The maximum atomic E-state index is 12.6. The van der Waals surface area contributed by atoms with Gasteiger partial charge in [0.05, 0.1) is 19.3 Å². The molecule has 6 heteroatoms. The van der Waals surface area contributed by atoms with Crippen LogP contribution in [-0.2, 0) is 9.53 Å². The predicted octanol–water partition coefficient (Wildman–Crippen LogP) is 1.64. The van der Waals surface area contributed by atoms with Crippen molar-refractivity contribution in [3.63, 3.8) is 0 Å². The average Bonchev–Trinajstić information content (AvgIpc) is 3.06. The summed E-state index contributed by atoms with van der Waals surface area (Å²) >= 11 is 0. The summed E-state index contributed by atoms with van der Waals surface area (Å²) in [5.41, 5.74) is 6.23. The minimum Gasteiger partial charge on any atom is -0.379 e. The summed E-state index contributed by atoms with van der Waals surface area (Å²) in [6, 6.07) is 0.223. The largest absolute Gasteiger partial charge is 0.379 e. The van der Waals surface area contributed by atoms with E-state index in [9.17, 15) is 4.79 Å². The van der Waals surface area contributed by atoms with E-state index in [1.807, 2.05) is 4.90 Å². The van der Waals surface area contributed by atoms with Gasteiger partial charge in [0.25, 0.3) is 0 Å². The fourth-order valence-corrected chi connectivity index (χ4v) is 4.30. The average molecular weight is 346 g/mol. The normalized spacial score (nSPS) is 28.4. The zero-order chi connectivity index (χ0) is 15.4. The van der Waals surface area contributed by atoms with Gasteiger partial charge in [-0.25, -0.2) is 0 Å². The van der Waals surface area contributed by atoms with E-state index in [2.05, 4.69) is 4.90 Å². The van der Waals surface area contributed by atoms with Crippen LogP contribution in [0.1, 0.15) is 44.9 Å². The third-order valence-electron chi connectivity index (χ3n) is 5.67. The van der Waals surface area contributed by atoms with Crippen LogP contribution in [0.25, 0.3) is 0 Å². The van der Waals surface area contributed by atoms with Crippen molar-refractivity contribution in [3.05, 3.63) is 0 Å². The fraction of sp³-hybridized carbons (Fsp3) is 0.941. The van der Waals surface area contributed by atoms with Gasteiger partial charge < -0.3 is 15.4 Å². The van der Waals surface area contributed by atoms with Gasteiger partial charge in [0.2, 0.25) is 5.91 Å². The van der Waals surface area contributed by atoms with E-state index < -0.39 is 0 Å². The number of amides is 1. The van der Waals surface area contributed by atoms with E-state index in [1.165, 1.54) is 32.1 Å². The number of nitrogens with two attached hydrogens (primary N) is 1. The summed E-state index contributed by atoms with van der Waals surface area (Å²) in [5, 5.41) is 0. The standard InChI is InChI=1S/C17H31N3O2.ClH/c18-16(12-14-4-2-1-3-5-14)17(21)20-7-6-15(13-20)19-8-10-22-11-9-19;/h14-16H,1-13,18H2;1H. The summed E-state index contributed by atoms with van der Waals surface area (Å²) in [5.74, 6) is 0.853. The molecule has 2 aliphatic heterocycles. The predicted molar refractivity (Wildman–Crippen MR) is 93.8 cm³/mol. The van der Waals surface area contributed by atoms with Gasteiger partial charge in [-0.2, -0.15) is 0 Å². The maximum absolute atomic E-state index is 12.6. The molecule has 0 radical (unpaired) electrons. The Morgan fingerprint density at radius 1 is 1.09 bits per heavy atom. The quantitative estimate of drug-likeness (QED) is 0.841. The number of likely N-dealkylation sites (tertiary alicyclic amines) is 1. The van der Waals surface area contributed by atoms with Crippen molar-refractivity contribution in [2.75, 3.05) is 39.4 Å². The lowest BCUT2D eigenvalue weighted by Crippen LogP contribution is -2.47. The summed E-state index contributed by atoms with van der Waals surface area (Å²) in [6.45, 7) is 5.38. The molecule has 0 bridgehead atoms. The Labute approximate surface area is 146 Å². The number of morpholine rings is 1. The maximum Gasteiger partial charge on any atom is 0.239 e. The van der Waals surface area contributed by atoms with Crippen molar-refractivity contribution in [1.82, 2.24) is 9.80 Å². The molecule has 2 atom stereocenters. The molecule has 134 valence electrons. The molecule has 23 heavy (non-hydrogen) atoms. The number of halogens is 1. The van der Waals surface area contributed by atoms with Crippen LogP contribution >= 0.6 is 12.4 Å². The number of hydrogen-bond acceptors (Lipinski definition) is 4. The van der Waals surface area contributed by atoms with E-state index in [-0.39, 0.29) is 24.4 Å². The summed E-state index contributed by atoms with van der Waals surface area (Å²) in [6.07, 6.45) is 8.48. The third kappa shape index (κ3) is 5.05. The van der Waals surface area contributed by atoms with E-state index in [0.29, 0.717) is 12.0 Å². The topological polar surface area (TPSA) is 58.8 Å². The molecule has 0 aromatic carbocycles. The molecule has 0 aromatic rings. The molecule has 3 rings (SSSR count). The fourth-order valence-electron chi connectivity index (χ4n) is 4.30. The Balaban J connectivity index is 0.00000192. The van der Waals surface area contributed by atoms with Crippen LogP contribution in [0.2, 0.25) is 0 Å². The number of rotatable bonds is 4. The van der Waals surface area contributed by atoms with Crippen LogP contribution in [0, 0.1) is 5.92 Å². The second kappa shape index (κ2) is 9.21. The Kier molecular flexibility index (Phi) is 7.60. The van der Waals surface area contributed by atoms with Crippen molar-refractivity contribution in [2.45, 2.75) is 57.0 Å². The SMILES string of the molecule is Cl.NC(CC1CCCCC1)C(=O)N1CCC(N2CCOCC2)C1. The van der Waals surface area contributed by atoms with Crippen LogP contribution in [0.3, 0.4) is 0 Å². The number of carbonyl (C=O) groups is 1. The molecular weight excluding hydrogens is 314 g/mol. The van der Waals surface area contributed by atoms with Crippen molar-refractivity contribution in [3.8, 4) is 0 Å². The Morgan fingerprint density at radius 3 is 2.48 bits per heavy atom. The summed E-state index contributed by atoms with van der Waals surface area (Å²) in [4.78, 5) is 17.1. The monoisotopic (exact) mass is 345 g/mol. The zero-order valence-corrected chi connectivity index (χ0v) is 14.9. The Hall–Kier alpha value is -0.360. The lowest BCUT2D eigenvalue weighted by molar-refractivity contribution is -0.132. The van der Waals surface area contributed by atoms with Crippen LogP contribution in [0.4, 0.5) is 0 Å². The van der Waals surface area contributed by atoms with E-state index in [1.54, 1.807) is 0 Å². The zero-order valence-electron chi connectivity index (χ0n) is 14.1. The highest BCUT2D eigenvalue weighted by atomic mass is 35.5. The second-order valence-electron chi connectivity index (χ2n) is 7.22. The van der Waals surface area contributed by atoms with Crippen molar-refractivity contribution < 1.29 is 9.53 Å². The molecule has 2 unspecified atom stereocenters. The summed E-state index contributed by atoms with van der Waals surface area (Å²) < 4.78 is 5.41. The molecule has 3 aliphatic rings. The van der Waals surface area contributed by atoms with Crippen LogP contribution in [0.5, 0.6) is 0 Å². The van der Waals surface area contributed by atoms with Crippen LogP contribution < -0.4 is 5.73 Å². The van der Waals surface area contributed by atoms with Crippen LogP contribution in [0.15, 0.2) is 0 Å². The minimum atomic E-state index is -0.286. The van der Waals surface area contributed by atoms with Gasteiger partial charge in [0.1, 0.15) is 0 Å². The van der Waals surface area contributed by atoms with Gasteiger partial charge in [0, 0.05) is 32.2 Å². The van der Waals surface area contributed by atoms with Gasteiger partial charge in [-0.15, -0.1) is 12.4 Å². The lowest BCUT2D eigenvalue weighted by atomic mass is 9.85. The Morgan fingerprint density at radius 2 is 1.78 bits per heavy atom. The molecule has 0 aromatic heterocycles. The highest BCUT2D eigenvalue weighted by molar-refractivity contribution is 5.85. The van der Waals surface area contributed by atoms with Crippen molar-refractivity contribution in [1.29, 1.82) is 0 Å². The molecule has 2 saturated heterocycles. The minimum absolute atomic E-state index is 0.